The molecule has 2 aromatic rings. The van der Waals surface area contributed by atoms with Crippen LogP contribution < -0.4 is 0 Å². The Morgan fingerprint density at radius 2 is 2.12 bits per heavy atom. The van der Waals surface area contributed by atoms with Crippen LogP contribution in [0.3, 0.4) is 0 Å². The molecular weight excluding hydrogens is 234 g/mol. The van der Waals surface area contributed by atoms with Gasteiger partial charge in [-0.3, -0.25) is 4.79 Å². The largest absolute Gasteiger partial charge is 0.469 e. The van der Waals surface area contributed by atoms with Gasteiger partial charge < -0.3 is 4.74 Å². The molecule has 0 amide bonds. The van der Waals surface area contributed by atoms with Crippen LogP contribution in [0.4, 0.5) is 0 Å². The topological polar surface area (TPSA) is 39.2 Å². The molecule has 0 saturated heterocycles. The first-order valence-corrected chi connectivity index (χ1v) is 6.18. The second kappa shape index (κ2) is 5.59. The predicted octanol–water partition coefficient (Wildman–Crippen LogP) is 2.92. The Morgan fingerprint density at radius 1 is 1.35 bits per heavy atom. The Labute approximate surface area is 104 Å². The van der Waals surface area contributed by atoms with E-state index in [2.05, 4.69) is 9.72 Å². The predicted molar refractivity (Wildman–Crippen MR) is 67.9 cm³/mol. The molecule has 1 aromatic heterocycles. The van der Waals surface area contributed by atoms with Gasteiger partial charge in [-0.1, -0.05) is 30.3 Å². The van der Waals surface area contributed by atoms with Crippen LogP contribution in [0.2, 0.25) is 0 Å². The summed E-state index contributed by atoms with van der Waals surface area (Å²) in [6.45, 7) is 0. The minimum Gasteiger partial charge on any atom is -0.469 e. The third kappa shape index (κ3) is 3.14. The number of carbonyl (C=O) groups is 1. The number of hydrogen-bond acceptors (Lipinski definition) is 4. The molecule has 3 nitrogen and oxygen atoms in total. The van der Waals surface area contributed by atoms with Crippen molar-refractivity contribution in [2.45, 2.75) is 12.8 Å². The smallest absolute Gasteiger partial charge is 0.305 e. The average molecular weight is 247 g/mol. The first kappa shape index (κ1) is 11.8. The van der Waals surface area contributed by atoms with Crippen molar-refractivity contribution in [3.8, 4) is 10.6 Å². The second-order valence-electron chi connectivity index (χ2n) is 3.57. The van der Waals surface area contributed by atoms with E-state index >= 15 is 0 Å². The number of nitrogens with zero attached hydrogens (tertiary/aromatic N) is 1. The van der Waals surface area contributed by atoms with Gasteiger partial charge in [-0.25, -0.2) is 4.98 Å². The highest BCUT2D eigenvalue weighted by molar-refractivity contribution is 7.15. The molecule has 0 saturated carbocycles. The lowest BCUT2D eigenvalue weighted by molar-refractivity contribution is -0.140. The first-order valence-electron chi connectivity index (χ1n) is 5.36. The average Bonchev–Trinajstić information content (AvgIpc) is 2.86. The number of methoxy groups -OCH3 is 1. The van der Waals surface area contributed by atoms with E-state index in [4.69, 9.17) is 0 Å². The fourth-order valence-electron chi connectivity index (χ4n) is 1.46. The van der Waals surface area contributed by atoms with Crippen molar-refractivity contribution in [3.63, 3.8) is 0 Å². The third-order valence-electron chi connectivity index (χ3n) is 2.38. The molecule has 4 heteroatoms. The number of ether oxygens (including phenoxy) is 1. The number of thiazole rings is 1. The number of aryl methyl sites for hydroxylation is 1. The molecule has 0 unspecified atom stereocenters. The third-order valence-corrected chi connectivity index (χ3v) is 3.48. The molecule has 0 bridgehead atoms. The van der Waals surface area contributed by atoms with Crippen LogP contribution >= 0.6 is 11.3 Å². The summed E-state index contributed by atoms with van der Waals surface area (Å²) in [5.74, 6) is -0.181. The quantitative estimate of drug-likeness (QED) is 0.780. The van der Waals surface area contributed by atoms with E-state index in [9.17, 15) is 4.79 Å². The maximum atomic E-state index is 11.0. The molecule has 0 aliphatic heterocycles. The lowest BCUT2D eigenvalue weighted by atomic mass is 10.2. The summed E-state index contributed by atoms with van der Waals surface area (Å²) >= 11 is 1.62. The molecular formula is C13H13NO2S. The van der Waals surface area contributed by atoms with Crippen molar-refractivity contribution in [2.75, 3.05) is 7.11 Å². The summed E-state index contributed by atoms with van der Waals surface area (Å²) in [7, 11) is 1.41. The standard InChI is InChI=1S/C13H13NO2S/c1-16-12(15)8-7-11-9-14-13(17-11)10-5-3-2-4-6-10/h2-6,9H,7-8H2,1H3. The van der Waals surface area contributed by atoms with Crippen molar-refractivity contribution >= 4 is 17.3 Å². The van der Waals surface area contributed by atoms with Crippen LogP contribution in [-0.2, 0) is 16.0 Å². The molecule has 0 spiro atoms. The van der Waals surface area contributed by atoms with Gasteiger partial charge in [-0.15, -0.1) is 11.3 Å². The van der Waals surface area contributed by atoms with Gasteiger partial charge in [0.25, 0.3) is 0 Å². The molecule has 2 rings (SSSR count). The molecule has 88 valence electrons. The Hall–Kier alpha value is -1.68. The molecule has 0 radical (unpaired) electrons. The monoisotopic (exact) mass is 247 g/mol. The maximum absolute atomic E-state index is 11.0. The van der Waals surface area contributed by atoms with Crippen molar-refractivity contribution in [2.24, 2.45) is 0 Å². The number of carbonyl (C=O) groups excluding carboxylic acids is 1. The molecule has 0 fully saturated rings. The lowest BCUT2D eigenvalue weighted by Crippen LogP contribution is -2.00. The molecule has 0 aliphatic rings. The van der Waals surface area contributed by atoms with Crippen LogP contribution in [0.5, 0.6) is 0 Å². The maximum Gasteiger partial charge on any atom is 0.305 e. The highest BCUT2D eigenvalue weighted by Crippen LogP contribution is 2.25. The van der Waals surface area contributed by atoms with E-state index in [-0.39, 0.29) is 5.97 Å². The number of aromatic nitrogens is 1. The van der Waals surface area contributed by atoms with Crippen LogP contribution in [0.25, 0.3) is 10.6 Å². The van der Waals surface area contributed by atoms with Crippen molar-refractivity contribution in [1.82, 2.24) is 4.98 Å². The fourth-order valence-corrected chi connectivity index (χ4v) is 2.38. The van der Waals surface area contributed by atoms with Crippen molar-refractivity contribution in [1.29, 1.82) is 0 Å². The summed E-state index contributed by atoms with van der Waals surface area (Å²) in [6, 6.07) is 10.0. The summed E-state index contributed by atoms with van der Waals surface area (Å²) in [4.78, 5) is 16.5. The summed E-state index contributed by atoms with van der Waals surface area (Å²) in [6.07, 6.45) is 2.93. The zero-order valence-corrected chi connectivity index (χ0v) is 10.4. The molecule has 0 aliphatic carbocycles. The van der Waals surface area contributed by atoms with Crippen LogP contribution in [0.1, 0.15) is 11.3 Å². The SMILES string of the molecule is COC(=O)CCc1cnc(-c2ccccc2)s1. The van der Waals surface area contributed by atoms with Gasteiger partial charge in [0.1, 0.15) is 5.01 Å². The summed E-state index contributed by atoms with van der Waals surface area (Å²) < 4.78 is 4.61. The van der Waals surface area contributed by atoms with E-state index < -0.39 is 0 Å². The fraction of sp³-hybridized carbons (Fsp3) is 0.231. The van der Waals surface area contributed by atoms with E-state index in [1.54, 1.807) is 11.3 Å². The molecule has 0 N–H and O–H groups in total. The highest BCUT2D eigenvalue weighted by atomic mass is 32.1. The van der Waals surface area contributed by atoms with Crippen LogP contribution in [0, 0.1) is 0 Å². The Morgan fingerprint density at radius 3 is 2.82 bits per heavy atom. The van der Waals surface area contributed by atoms with Crippen molar-refractivity contribution < 1.29 is 9.53 Å². The molecule has 17 heavy (non-hydrogen) atoms. The minimum atomic E-state index is -0.181. The lowest BCUT2D eigenvalue weighted by Gasteiger charge is -1.96. The molecule has 1 aromatic carbocycles. The Balaban J connectivity index is 2.04. The van der Waals surface area contributed by atoms with Gasteiger partial charge in [-0.05, 0) is 6.42 Å². The summed E-state index contributed by atoms with van der Waals surface area (Å²) in [5, 5.41) is 0.991. The Bertz CT molecular complexity index is 493. The molecule has 0 atom stereocenters. The zero-order chi connectivity index (χ0) is 12.1. The van der Waals surface area contributed by atoms with Gasteiger partial charge in [0.15, 0.2) is 0 Å². The number of esters is 1. The van der Waals surface area contributed by atoms with Crippen LogP contribution in [0.15, 0.2) is 36.5 Å². The number of rotatable bonds is 4. The minimum absolute atomic E-state index is 0.181. The van der Waals surface area contributed by atoms with Crippen LogP contribution in [-0.4, -0.2) is 18.1 Å². The highest BCUT2D eigenvalue weighted by Gasteiger charge is 2.06. The van der Waals surface area contributed by atoms with E-state index in [1.807, 2.05) is 36.5 Å². The normalized spacial score (nSPS) is 10.2. The second-order valence-corrected chi connectivity index (χ2v) is 4.69. The van der Waals surface area contributed by atoms with Crippen molar-refractivity contribution in [3.05, 3.63) is 41.4 Å². The number of benzene rings is 1. The van der Waals surface area contributed by atoms with Gasteiger partial charge in [-0.2, -0.15) is 0 Å². The van der Waals surface area contributed by atoms with Gasteiger partial charge in [0.2, 0.25) is 0 Å². The van der Waals surface area contributed by atoms with E-state index in [1.165, 1.54) is 7.11 Å². The zero-order valence-electron chi connectivity index (χ0n) is 9.55. The van der Waals surface area contributed by atoms with E-state index in [0.717, 1.165) is 15.4 Å². The van der Waals surface area contributed by atoms with Gasteiger partial charge in [0.05, 0.1) is 13.5 Å². The summed E-state index contributed by atoms with van der Waals surface area (Å²) in [5.41, 5.74) is 1.11. The van der Waals surface area contributed by atoms with Gasteiger partial charge in [0, 0.05) is 16.6 Å². The van der Waals surface area contributed by atoms with Gasteiger partial charge >= 0.3 is 5.97 Å². The molecule has 1 heterocycles. The Kier molecular flexibility index (Phi) is 3.88. The van der Waals surface area contributed by atoms with E-state index in [0.29, 0.717) is 12.8 Å². The number of hydrogen-bond donors (Lipinski definition) is 0. The first-order chi connectivity index (χ1) is 8.29.